The van der Waals surface area contributed by atoms with Crippen LogP contribution in [0.2, 0.25) is 0 Å². The van der Waals surface area contributed by atoms with Crippen molar-refractivity contribution in [1.29, 1.82) is 0 Å². The number of fused-ring (bicyclic) bond motifs is 1. The third-order valence-electron chi connectivity index (χ3n) is 5.45. The fourth-order valence-electron chi connectivity index (χ4n) is 4.25. The Hall–Kier alpha value is -1.27. The molecule has 3 unspecified atom stereocenters. The van der Waals surface area contributed by atoms with Crippen molar-refractivity contribution in [3.8, 4) is 5.75 Å². The van der Waals surface area contributed by atoms with Crippen LogP contribution in [0.4, 0.5) is 13.2 Å². The van der Waals surface area contributed by atoms with Crippen LogP contribution in [0.15, 0.2) is 24.3 Å². The van der Waals surface area contributed by atoms with E-state index in [0.717, 1.165) is 44.2 Å². The van der Waals surface area contributed by atoms with Crippen molar-refractivity contribution in [2.24, 2.45) is 5.92 Å². The Bertz CT molecular complexity index is 574. The Morgan fingerprint density at radius 1 is 1.14 bits per heavy atom. The molecule has 1 aliphatic carbocycles. The van der Waals surface area contributed by atoms with Crippen LogP contribution in [0.5, 0.6) is 5.75 Å². The molecule has 2 saturated heterocycles. The molecule has 3 nitrogen and oxygen atoms in total. The predicted molar refractivity (Wildman–Crippen MR) is 72.6 cm³/mol. The van der Waals surface area contributed by atoms with Crippen LogP contribution in [-0.4, -0.2) is 28.0 Å². The van der Waals surface area contributed by atoms with Crippen molar-refractivity contribution in [2.45, 2.75) is 56.0 Å². The van der Waals surface area contributed by atoms with Gasteiger partial charge < -0.3 is 9.94 Å². The molecule has 2 bridgehead atoms. The number of hydroxylamine groups is 2. The molecule has 2 aliphatic heterocycles. The summed E-state index contributed by atoms with van der Waals surface area (Å²) in [6, 6.07) is 4.98. The molecule has 6 heteroatoms. The zero-order valence-corrected chi connectivity index (χ0v) is 12.0. The van der Waals surface area contributed by atoms with Crippen LogP contribution in [0, 0.1) is 5.92 Å². The van der Waals surface area contributed by atoms with Gasteiger partial charge >= 0.3 is 6.18 Å². The second-order valence-corrected chi connectivity index (χ2v) is 6.78. The number of rotatable bonds is 2. The third-order valence-corrected chi connectivity index (χ3v) is 5.45. The smallest absolute Gasteiger partial charge is 0.416 e. The predicted octanol–water partition coefficient (Wildman–Crippen LogP) is 3.86. The van der Waals surface area contributed by atoms with Gasteiger partial charge in [-0.05, 0) is 49.4 Å². The summed E-state index contributed by atoms with van der Waals surface area (Å²) in [6.45, 7) is 0. The van der Waals surface area contributed by atoms with Gasteiger partial charge in [0.1, 0.15) is 11.9 Å². The van der Waals surface area contributed by atoms with Crippen molar-refractivity contribution in [3.63, 3.8) is 0 Å². The Morgan fingerprint density at radius 2 is 1.86 bits per heavy atom. The molecule has 1 aromatic rings. The highest BCUT2D eigenvalue weighted by Gasteiger charge is 2.65. The quantitative estimate of drug-likeness (QED) is 0.900. The van der Waals surface area contributed by atoms with Crippen molar-refractivity contribution in [2.75, 3.05) is 0 Å². The average Bonchev–Trinajstić information content (AvgIpc) is 3.13. The molecule has 0 amide bonds. The summed E-state index contributed by atoms with van der Waals surface area (Å²) in [5.41, 5.74) is -0.791. The lowest BCUT2D eigenvalue weighted by molar-refractivity contribution is -0.219. The van der Waals surface area contributed by atoms with Crippen molar-refractivity contribution >= 4 is 0 Å². The minimum atomic E-state index is -4.32. The SMILES string of the molecule is ON1[C@@H]2CCC3CC31CC(Oc1ccc(C(F)(F)F)cc1)C2. The van der Waals surface area contributed by atoms with Gasteiger partial charge in [0, 0.05) is 18.9 Å². The Labute approximate surface area is 126 Å². The fourth-order valence-corrected chi connectivity index (χ4v) is 4.25. The van der Waals surface area contributed by atoms with Gasteiger partial charge in [-0.15, -0.1) is 0 Å². The second-order valence-electron chi connectivity index (χ2n) is 6.78. The Morgan fingerprint density at radius 3 is 2.55 bits per heavy atom. The molecule has 4 atom stereocenters. The largest absolute Gasteiger partial charge is 0.490 e. The number of benzene rings is 1. The molecule has 120 valence electrons. The standard InChI is InChI=1S/C16H18F3NO2/c17-16(18,19)10-2-5-13(6-3-10)22-14-7-12-4-1-11-8-15(11,9-14)20(12)21/h2-3,5-6,11-12,14,21H,1,4,7-9H2/t11?,12-,14?,15?/m1/s1. The van der Waals surface area contributed by atoms with E-state index in [1.165, 1.54) is 17.2 Å². The molecular formula is C16H18F3NO2. The summed E-state index contributed by atoms with van der Waals surface area (Å²) in [7, 11) is 0. The van der Waals surface area contributed by atoms with Gasteiger partial charge in [-0.1, -0.05) is 0 Å². The molecule has 22 heavy (non-hydrogen) atoms. The average molecular weight is 313 g/mol. The molecule has 0 radical (unpaired) electrons. The van der Waals surface area contributed by atoms with Crippen LogP contribution < -0.4 is 4.74 Å². The van der Waals surface area contributed by atoms with E-state index >= 15 is 0 Å². The fraction of sp³-hybridized carbons (Fsp3) is 0.625. The van der Waals surface area contributed by atoms with E-state index in [-0.39, 0.29) is 17.7 Å². The lowest BCUT2D eigenvalue weighted by atomic mass is 9.84. The number of piperidine rings is 2. The van der Waals surface area contributed by atoms with Crippen molar-refractivity contribution < 1.29 is 23.1 Å². The highest BCUT2D eigenvalue weighted by Crippen LogP contribution is 2.60. The van der Waals surface area contributed by atoms with Gasteiger partial charge in [0.15, 0.2) is 0 Å². The first-order valence-electron chi connectivity index (χ1n) is 7.71. The minimum Gasteiger partial charge on any atom is -0.490 e. The van der Waals surface area contributed by atoms with Gasteiger partial charge in [-0.25, -0.2) is 0 Å². The number of ether oxygens (including phenoxy) is 1. The van der Waals surface area contributed by atoms with Gasteiger partial charge in [-0.2, -0.15) is 18.2 Å². The molecule has 1 spiro atoms. The van der Waals surface area contributed by atoms with E-state index in [1.807, 2.05) is 0 Å². The maximum absolute atomic E-state index is 12.6. The van der Waals surface area contributed by atoms with Gasteiger partial charge in [0.2, 0.25) is 0 Å². The third kappa shape index (κ3) is 2.20. The zero-order chi connectivity index (χ0) is 15.5. The van der Waals surface area contributed by atoms with E-state index in [9.17, 15) is 18.4 Å². The molecule has 1 N–H and O–H groups in total. The summed E-state index contributed by atoms with van der Waals surface area (Å²) in [4.78, 5) is 0. The summed E-state index contributed by atoms with van der Waals surface area (Å²) in [6.07, 6.45) is 0.267. The topological polar surface area (TPSA) is 32.7 Å². The van der Waals surface area contributed by atoms with E-state index in [1.54, 1.807) is 0 Å². The minimum absolute atomic E-state index is 0.0320. The zero-order valence-electron chi connectivity index (χ0n) is 12.0. The summed E-state index contributed by atoms with van der Waals surface area (Å²) >= 11 is 0. The van der Waals surface area contributed by atoms with Crippen LogP contribution in [0.3, 0.4) is 0 Å². The van der Waals surface area contributed by atoms with Crippen molar-refractivity contribution in [1.82, 2.24) is 5.06 Å². The number of hydrogen-bond acceptors (Lipinski definition) is 3. The van der Waals surface area contributed by atoms with E-state index in [4.69, 9.17) is 4.74 Å². The van der Waals surface area contributed by atoms with Gasteiger partial charge in [0.25, 0.3) is 0 Å². The molecule has 2 heterocycles. The highest BCUT2D eigenvalue weighted by molar-refractivity contribution is 5.29. The first-order chi connectivity index (χ1) is 10.4. The van der Waals surface area contributed by atoms with Gasteiger partial charge in [-0.3, -0.25) is 0 Å². The monoisotopic (exact) mass is 313 g/mol. The summed E-state index contributed by atoms with van der Waals surface area (Å²) < 4.78 is 43.6. The van der Waals surface area contributed by atoms with Gasteiger partial charge in [0.05, 0.1) is 11.1 Å². The molecule has 3 fully saturated rings. The summed E-state index contributed by atoms with van der Waals surface area (Å²) in [5.74, 6) is 1.02. The lowest BCUT2D eigenvalue weighted by Gasteiger charge is -2.45. The second kappa shape index (κ2) is 4.61. The summed E-state index contributed by atoms with van der Waals surface area (Å²) in [5, 5.41) is 11.8. The maximum Gasteiger partial charge on any atom is 0.416 e. The molecular weight excluding hydrogens is 295 g/mol. The van der Waals surface area contributed by atoms with Crippen LogP contribution in [0.1, 0.15) is 37.7 Å². The highest BCUT2D eigenvalue weighted by atomic mass is 19.4. The molecule has 3 aliphatic rings. The first kappa shape index (κ1) is 14.3. The van der Waals surface area contributed by atoms with Crippen LogP contribution in [0.25, 0.3) is 0 Å². The molecule has 1 saturated carbocycles. The van der Waals surface area contributed by atoms with Crippen molar-refractivity contribution in [3.05, 3.63) is 29.8 Å². The molecule has 1 aromatic carbocycles. The van der Waals surface area contributed by atoms with E-state index < -0.39 is 11.7 Å². The number of hydrogen-bond donors (Lipinski definition) is 1. The van der Waals surface area contributed by atoms with E-state index in [2.05, 4.69) is 0 Å². The van der Waals surface area contributed by atoms with Crippen LogP contribution >= 0.6 is 0 Å². The Kier molecular flexibility index (Phi) is 3.01. The Balaban J connectivity index is 1.46. The number of halogens is 3. The first-order valence-corrected chi connectivity index (χ1v) is 7.71. The normalized spacial score (nSPS) is 37.5. The molecule has 4 rings (SSSR count). The van der Waals surface area contributed by atoms with Crippen LogP contribution in [-0.2, 0) is 6.18 Å². The number of nitrogens with zero attached hydrogens (tertiary/aromatic N) is 1. The lowest BCUT2D eigenvalue weighted by Crippen LogP contribution is -2.55. The number of alkyl halides is 3. The molecule has 0 aromatic heterocycles. The van der Waals surface area contributed by atoms with E-state index in [0.29, 0.717) is 11.7 Å². The maximum atomic E-state index is 12.6.